The van der Waals surface area contributed by atoms with Crippen molar-refractivity contribution in [1.29, 1.82) is 0 Å². The van der Waals surface area contributed by atoms with Crippen LogP contribution in [0, 0.1) is 6.92 Å². The molecule has 0 amide bonds. The first-order valence-corrected chi connectivity index (χ1v) is 4.59. The van der Waals surface area contributed by atoms with Crippen LogP contribution in [0.3, 0.4) is 0 Å². The van der Waals surface area contributed by atoms with Gasteiger partial charge >= 0.3 is 0 Å². The van der Waals surface area contributed by atoms with Gasteiger partial charge in [0.15, 0.2) is 0 Å². The summed E-state index contributed by atoms with van der Waals surface area (Å²) in [5, 5.41) is 3.23. The van der Waals surface area contributed by atoms with Crippen molar-refractivity contribution in [2.75, 3.05) is 12.8 Å². The Kier molecular flexibility index (Phi) is 3.25. The lowest BCUT2D eigenvalue weighted by atomic mass is 10.0. The summed E-state index contributed by atoms with van der Waals surface area (Å²) in [6, 6.07) is 2.31. The standard InChI is InChI=1S/C10H17N3/c1-4-8(12-3)9-7(2)5-6-13-10(9)11/h5-6,8,12H,4H2,1-3H3,(H2,11,13). The molecule has 1 aromatic rings. The Hall–Kier alpha value is -1.09. The summed E-state index contributed by atoms with van der Waals surface area (Å²) in [6.07, 6.45) is 2.77. The molecule has 1 aromatic heterocycles. The van der Waals surface area contributed by atoms with Crippen molar-refractivity contribution < 1.29 is 0 Å². The highest BCUT2D eigenvalue weighted by atomic mass is 14.9. The van der Waals surface area contributed by atoms with E-state index in [2.05, 4.69) is 24.1 Å². The third kappa shape index (κ3) is 1.98. The van der Waals surface area contributed by atoms with Gasteiger partial charge in [0.05, 0.1) is 0 Å². The molecule has 0 aliphatic rings. The van der Waals surface area contributed by atoms with Gasteiger partial charge in [-0.1, -0.05) is 6.92 Å². The van der Waals surface area contributed by atoms with E-state index in [1.807, 2.05) is 13.1 Å². The number of anilines is 1. The minimum atomic E-state index is 0.314. The van der Waals surface area contributed by atoms with E-state index in [4.69, 9.17) is 5.73 Å². The lowest BCUT2D eigenvalue weighted by Crippen LogP contribution is -2.18. The number of aromatic nitrogens is 1. The third-order valence-electron chi connectivity index (χ3n) is 2.34. The van der Waals surface area contributed by atoms with Gasteiger partial charge in [-0.25, -0.2) is 4.98 Å². The first-order chi connectivity index (χ1) is 6.20. The molecule has 3 nitrogen and oxygen atoms in total. The quantitative estimate of drug-likeness (QED) is 0.741. The molecular formula is C10H17N3. The molecule has 3 heteroatoms. The van der Waals surface area contributed by atoms with Crippen LogP contribution in [-0.4, -0.2) is 12.0 Å². The maximum absolute atomic E-state index is 5.82. The maximum Gasteiger partial charge on any atom is 0.128 e. The van der Waals surface area contributed by atoms with Crippen LogP contribution >= 0.6 is 0 Å². The zero-order valence-corrected chi connectivity index (χ0v) is 8.46. The fourth-order valence-corrected chi connectivity index (χ4v) is 1.60. The average Bonchev–Trinajstić information content (AvgIpc) is 2.11. The second-order valence-electron chi connectivity index (χ2n) is 3.18. The molecule has 0 fully saturated rings. The summed E-state index contributed by atoms with van der Waals surface area (Å²) in [4.78, 5) is 4.09. The highest BCUT2D eigenvalue weighted by molar-refractivity contribution is 5.45. The zero-order chi connectivity index (χ0) is 9.84. The van der Waals surface area contributed by atoms with Crippen LogP contribution in [0.15, 0.2) is 12.3 Å². The molecule has 0 aliphatic carbocycles. The summed E-state index contributed by atoms with van der Waals surface area (Å²) in [5.41, 5.74) is 8.16. The summed E-state index contributed by atoms with van der Waals surface area (Å²) >= 11 is 0. The number of pyridine rings is 1. The number of nitrogen functional groups attached to an aromatic ring is 1. The third-order valence-corrected chi connectivity index (χ3v) is 2.34. The maximum atomic E-state index is 5.82. The molecule has 72 valence electrons. The second-order valence-corrected chi connectivity index (χ2v) is 3.18. The number of nitrogens with zero attached hydrogens (tertiary/aromatic N) is 1. The van der Waals surface area contributed by atoms with Gasteiger partial charge in [0.25, 0.3) is 0 Å². The SMILES string of the molecule is CCC(NC)c1c(C)ccnc1N. The molecule has 0 aromatic carbocycles. The van der Waals surface area contributed by atoms with E-state index in [0.29, 0.717) is 11.9 Å². The molecule has 1 rings (SSSR count). The number of rotatable bonds is 3. The Morgan fingerprint density at radius 1 is 1.62 bits per heavy atom. The Bertz CT molecular complexity index is 259. The Morgan fingerprint density at radius 2 is 2.31 bits per heavy atom. The van der Waals surface area contributed by atoms with Gasteiger partial charge in [-0.15, -0.1) is 0 Å². The van der Waals surface area contributed by atoms with Crippen molar-refractivity contribution in [2.24, 2.45) is 0 Å². The lowest BCUT2D eigenvalue weighted by Gasteiger charge is -2.17. The van der Waals surface area contributed by atoms with Gasteiger partial charge in [-0.3, -0.25) is 0 Å². The van der Waals surface area contributed by atoms with E-state index in [-0.39, 0.29) is 0 Å². The molecule has 13 heavy (non-hydrogen) atoms. The van der Waals surface area contributed by atoms with Crippen molar-refractivity contribution in [3.8, 4) is 0 Å². The van der Waals surface area contributed by atoms with Crippen LogP contribution in [0.1, 0.15) is 30.5 Å². The predicted octanol–water partition coefficient (Wildman–Crippen LogP) is 1.64. The Morgan fingerprint density at radius 3 is 2.77 bits per heavy atom. The van der Waals surface area contributed by atoms with E-state index >= 15 is 0 Å². The summed E-state index contributed by atoms with van der Waals surface area (Å²) in [7, 11) is 1.94. The summed E-state index contributed by atoms with van der Waals surface area (Å²) in [6.45, 7) is 4.19. The summed E-state index contributed by atoms with van der Waals surface area (Å²) in [5.74, 6) is 0.640. The molecule has 1 heterocycles. The van der Waals surface area contributed by atoms with E-state index < -0.39 is 0 Å². The van der Waals surface area contributed by atoms with E-state index in [1.54, 1.807) is 6.20 Å². The molecule has 1 unspecified atom stereocenters. The van der Waals surface area contributed by atoms with Crippen molar-refractivity contribution >= 4 is 5.82 Å². The Labute approximate surface area is 79.4 Å². The molecular weight excluding hydrogens is 162 g/mol. The van der Waals surface area contributed by atoms with Crippen LogP contribution in [0.5, 0.6) is 0 Å². The number of hydrogen-bond donors (Lipinski definition) is 2. The van der Waals surface area contributed by atoms with Crippen LogP contribution < -0.4 is 11.1 Å². The smallest absolute Gasteiger partial charge is 0.128 e. The largest absolute Gasteiger partial charge is 0.383 e. The molecule has 0 bridgehead atoms. The van der Waals surface area contributed by atoms with Crippen molar-refractivity contribution in [3.05, 3.63) is 23.4 Å². The summed E-state index contributed by atoms with van der Waals surface area (Å²) < 4.78 is 0. The molecule has 0 saturated heterocycles. The van der Waals surface area contributed by atoms with E-state index in [0.717, 1.165) is 12.0 Å². The molecule has 0 radical (unpaired) electrons. The molecule has 0 saturated carbocycles. The number of nitrogens with two attached hydrogens (primary N) is 1. The van der Waals surface area contributed by atoms with Crippen molar-refractivity contribution in [3.63, 3.8) is 0 Å². The minimum Gasteiger partial charge on any atom is -0.383 e. The number of hydrogen-bond acceptors (Lipinski definition) is 3. The first kappa shape index (κ1) is 9.99. The average molecular weight is 179 g/mol. The van der Waals surface area contributed by atoms with Crippen LogP contribution in [-0.2, 0) is 0 Å². The zero-order valence-electron chi connectivity index (χ0n) is 8.46. The molecule has 0 aliphatic heterocycles. The van der Waals surface area contributed by atoms with Crippen LogP contribution in [0.4, 0.5) is 5.82 Å². The fourth-order valence-electron chi connectivity index (χ4n) is 1.60. The number of nitrogens with one attached hydrogen (secondary N) is 1. The molecule has 0 spiro atoms. The molecule has 3 N–H and O–H groups in total. The van der Waals surface area contributed by atoms with Gasteiger partial charge in [-0.05, 0) is 32.0 Å². The topological polar surface area (TPSA) is 50.9 Å². The lowest BCUT2D eigenvalue weighted by molar-refractivity contribution is 0.574. The van der Waals surface area contributed by atoms with Gasteiger partial charge in [0.1, 0.15) is 5.82 Å². The van der Waals surface area contributed by atoms with Crippen molar-refractivity contribution in [1.82, 2.24) is 10.3 Å². The van der Waals surface area contributed by atoms with Gasteiger partial charge in [0, 0.05) is 17.8 Å². The van der Waals surface area contributed by atoms with Gasteiger partial charge in [0.2, 0.25) is 0 Å². The number of aryl methyl sites for hydroxylation is 1. The monoisotopic (exact) mass is 179 g/mol. The van der Waals surface area contributed by atoms with Crippen LogP contribution in [0.2, 0.25) is 0 Å². The fraction of sp³-hybridized carbons (Fsp3) is 0.500. The van der Waals surface area contributed by atoms with Crippen LogP contribution in [0.25, 0.3) is 0 Å². The van der Waals surface area contributed by atoms with E-state index in [9.17, 15) is 0 Å². The van der Waals surface area contributed by atoms with Crippen molar-refractivity contribution in [2.45, 2.75) is 26.3 Å². The second kappa shape index (κ2) is 4.23. The molecule has 1 atom stereocenters. The minimum absolute atomic E-state index is 0.314. The first-order valence-electron chi connectivity index (χ1n) is 4.59. The van der Waals surface area contributed by atoms with Gasteiger partial charge < -0.3 is 11.1 Å². The highest BCUT2D eigenvalue weighted by Gasteiger charge is 2.12. The highest BCUT2D eigenvalue weighted by Crippen LogP contribution is 2.23. The normalized spacial score (nSPS) is 12.8. The Balaban J connectivity index is 3.10. The predicted molar refractivity (Wildman–Crippen MR) is 55.5 cm³/mol. The van der Waals surface area contributed by atoms with Gasteiger partial charge in [-0.2, -0.15) is 0 Å². The van der Waals surface area contributed by atoms with E-state index in [1.165, 1.54) is 5.56 Å².